The Kier molecular flexibility index (Phi) is 2.94. The highest BCUT2D eigenvalue weighted by atomic mass is 16.5. The van der Waals surface area contributed by atoms with E-state index in [2.05, 4.69) is 20.6 Å². The Morgan fingerprint density at radius 3 is 3.06 bits per heavy atom. The molecule has 0 radical (unpaired) electrons. The van der Waals surface area contributed by atoms with Crippen molar-refractivity contribution in [3.05, 3.63) is 18.5 Å². The molecule has 2 atom stereocenters. The van der Waals surface area contributed by atoms with Gasteiger partial charge in [0.15, 0.2) is 0 Å². The maximum Gasteiger partial charge on any atom is 0.222 e. The van der Waals surface area contributed by atoms with Gasteiger partial charge in [-0.25, -0.2) is 9.97 Å². The molecule has 3 heterocycles. The van der Waals surface area contributed by atoms with Crippen LogP contribution in [0.1, 0.15) is 19.3 Å². The average molecular weight is 234 g/mol. The fourth-order valence-corrected chi connectivity index (χ4v) is 2.73. The topological polar surface area (TPSA) is 59.1 Å². The van der Waals surface area contributed by atoms with Crippen molar-refractivity contribution in [1.29, 1.82) is 0 Å². The van der Waals surface area contributed by atoms with Crippen LogP contribution in [0.4, 0.5) is 5.95 Å². The highest BCUT2D eigenvalue weighted by molar-refractivity contribution is 5.25. The van der Waals surface area contributed by atoms with Gasteiger partial charge in [0.05, 0.1) is 5.60 Å². The number of hydrogen-bond acceptors (Lipinski definition) is 5. The summed E-state index contributed by atoms with van der Waals surface area (Å²) in [5.41, 5.74) is 0.0463. The first kappa shape index (κ1) is 10.9. The minimum absolute atomic E-state index is 0.0463. The second kappa shape index (κ2) is 4.58. The van der Waals surface area contributed by atoms with Gasteiger partial charge >= 0.3 is 0 Å². The minimum atomic E-state index is 0.0463. The van der Waals surface area contributed by atoms with Crippen LogP contribution < -0.4 is 10.6 Å². The normalized spacial score (nSPS) is 32.8. The summed E-state index contributed by atoms with van der Waals surface area (Å²) in [7, 11) is 0. The van der Waals surface area contributed by atoms with Crippen molar-refractivity contribution in [3.63, 3.8) is 0 Å². The fraction of sp³-hybridized carbons (Fsp3) is 0.667. The highest BCUT2D eigenvalue weighted by Gasteiger charge is 2.40. The summed E-state index contributed by atoms with van der Waals surface area (Å²) in [4.78, 5) is 8.42. The molecular weight excluding hydrogens is 216 g/mol. The second-order valence-electron chi connectivity index (χ2n) is 4.86. The van der Waals surface area contributed by atoms with Crippen LogP contribution in [0.25, 0.3) is 0 Å². The standard InChI is InChI=1S/C12H18N4O/c1-4-14-11(15-5-1)16-10-2-7-17-12(8-10)3-6-13-9-12/h1,4-5,10,13H,2-3,6-9H2,(H,14,15,16)/t10-,12-/m1/s1. The van der Waals surface area contributed by atoms with E-state index in [9.17, 15) is 0 Å². The van der Waals surface area contributed by atoms with E-state index in [0.29, 0.717) is 6.04 Å². The Morgan fingerprint density at radius 2 is 2.29 bits per heavy atom. The molecule has 0 unspecified atom stereocenters. The molecule has 0 aliphatic carbocycles. The van der Waals surface area contributed by atoms with Crippen LogP contribution in [0, 0.1) is 0 Å². The zero-order chi connectivity index (χ0) is 11.6. The lowest BCUT2D eigenvalue weighted by Crippen LogP contribution is -2.46. The lowest BCUT2D eigenvalue weighted by molar-refractivity contribution is -0.0674. The molecule has 5 heteroatoms. The van der Waals surface area contributed by atoms with Crippen LogP contribution in [0.15, 0.2) is 18.5 Å². The molecule has 2 saturated heterocycles. The maximum atomic E-state index is 5.95. The van der Waals surface area contributed by atoms with Crippen molar-refractivity contribution < 1.29 is 4.74 Å². The number of ether oxygens (including phenoxy) is 1. The van der Waals surface area contributed by atoms with Crippen molar-refractivity contribution in [3.8, 4) is 0 Å². The minimum Gasteiger partial charge on any atom is -0.373 e. The Bertz CT molecular complexity index is 364. The van der Waals surface area contributed by atoms with E-state index >= 15 is 0 Å². The van der Waals surface area contributed by atoms with E-state index in [1.54, 1.807) is 12.4 Å². The van der Waals surface area contributed by atoms with Gasteiger partial charge in [-0.1, -0.05) is 0 Å². The third-order valence-corrected chi connectivity index (χ3v) is 3.60. The van der Waals surface area contributed by atoms with Crippen LogP contribution in [0.2, 0.25) is 0 Å². The van der Waals surface area contributed by atoms with Gasteiger partial charge in [0.25, 0.3) is 0 Å². The van der Waals surface area contributed by atoms with Gasteiger partial charge < -0.3 is 15.4 Å². The van der Waals surface area contributed by atoms with Gasteiger partial charge in [0.1, 0.15) is 0 Å². The first-order valence-corrected chi connectivity index (χ1v) is 6.25. The Balaban J connectivity index is 1.64. The van der Waals surface area contributed by atoms with Crippen molar-refractivity contribution in [2.24, 2.45) is 0 Å². The van der Waals surface area contributed by atoms with Crippen molar-refractivity contribution in [2.75, 3.05) is 25.0 Å². The van der Waals surface area contributed by atoms with E-state index in [1.807, 2.05) is 6.07 Å². The number of rotatable bonds is 2. The summed E-state index contributed by atoms with van der Waals surface area (Å²) in [5, 5.41) is 6.79. The van der Waals surface area contributed by atoms with Crippen molar-refractivity contribution in [1.82, 2.24) is 15.3 Å². The van der Waals surface area contributed by atoms with Crippen molar-refractivity contribution >= 4 is 5.95 Å². The van der Waals surface area contributed by atoms with E-state index in [4.69, 9.17) is 4.74 Å². The van der Waals surface area contributed by atoms with Crippen LogP contribution in [-0.2, 0) is 4.74 Å². The molecule has 92 valence electrons. The molecule has 1 aromatic rings. The van der Waals surface area contributed by atoms with Gasteiger partial charge in [-0.3, -0.25) is 0 Å². The van der Waals surface area contributed by atoms with Gasteiger partial charge in [-0.15, -0.1) is 0 Å². The molecule has 0 amide bonds. The zero-order valence-corrected chi connectivity index (χ0v) is 9.85. The Hall–Kier alpha value is -1.20. The van der Waals surface area contributed by atoms with Crippen LogP contribution >= 0.6 is 0 Å². The van der Waals surface area contributed by atoms with Crippen molar-refractivity contribution in [2.45, 2.75) is 30.9 Å². The van der Waals surface area contributed by atoms with Gasteiger partial charge in [-0.05, 0) is 31.9 Å². The molecule has 2 aliphatic rings. The predicted molar refractivity (Wildman–Crippen MR) is 64.8 cm³/mol. The first-order chi connectivity index (χ1) is 8.36. The lowest BCUT2D eigenvalue weighted by Gasteiger charge is -2.37. The summed E-state index contributed by atoms with van der Waals surface area (Å²) in [6.45, 7) is 2.86. The summed E-state index contributed by atoms with van der Waals surface area (Å²) < 4.78 is 5.95. The highest BCUT2D eigenvalue weighted by Crippen LogP contribution is 2.31. The Labute approximate surface area is 101 Å². The number of aromatic nitrogens is 2. The lowest BCUT2D eigenvalue weighted by atomic mass is 9.89. The first-order valence-electron chi connectivity index (χ1n) is 6.25. The molecule has 0 saturated carbocycles. The smallest absolute Gasteiger partial charge is 0.222 e. The van der Waals surface area contributed by atoms with Crippen LogP contribution in [0.3, 0.4) is 0 Å². The zero-order valence-electron chi connectivity index (χ0n) is 9.85. The molecule has 1 aromatic heterocycles. The largest absolute Gasteiger partial charge is 0.373 e. The molecule has 1 spiro atoms. The quantitative estimate of drug-likeness (QED) is 0.792. The average Bonchev–Trinajstić information content (AvgIpc) is 2.79. The molecule has 2 fully saturated rings. The number of anilines is 1. The third kappa shape index (κ3) is 2.40. The molecule has 17 heavy (non-hydrogen) atoms. The predicted octanol–water partition coefficient (Wildman–Crippen LogP) is 0.800. The Morgan fingerprint density at radius 1 is 1.41 bits per heavy atom. The molecule has 2 aliphatic heterocycles. The monoisotopic (exact) mass is 234 g/mol. The molecule has 0 aromatic carbocycles. The van der Waals surface area contributed by atoms with E-state index in [0.717, 1.165) is 44.9 Å². The number of nitrogens with one attached hydrogen (secondary N) is 2. The SMILES string of the molecule is c1cnc(N[C@@H]2CCO[C@]3(CCNC3)C2)nc1. The summed E-state index contributed by atoms with van der Waals surface area (Å²) in [6, 6.07) is 2.25. The number of hydrogen-bond donors (Lipinski definition) is 2. The van der Waals surface area contributed by atoms with E-state index in [-0.39, 0.29) is 5.60 Å². The van der Waals surface area contributed by atoms with Gasteiger partial charge in [0, 0.05) is 31.6 Å². The number of nitrogens with zero attached hydrogens (tertiary/aromatic N) is 2. The molecule has 2 N–H and O–H groups in total. The summed E-state index contributed by atoms with van der Waals surface area (Å²) in [6.07, 6.45) is 6.71. The second-order valence-corrected chi connectivity index (χ2v) is 4.86. The maximum absolute atomic E-state index is 5.95. The molecule has 0 bridgehead atoms. The third-order valence-electron chi connectivity index (χ3n) is 3.60. The molecule has 3 rings (SSSR count). The molecular formula is C12H18N4O. The van der Waals surface area contributed by atoms with E-state index in [1.165, 1.54) is 0 Å². The van der Waals surface area contributed by atoms with Crippen LogP contribution in [0.5, 0.6) is 0 Å². The van der Waals surface area contributed by atoms with Gasteiger partial charge in [-0.2, -0.15) is 0 Å². The summed E-state index contributed by atoms with van der Waals surface area (Å²) >= 11 is 0. The summed E-state index contributed by atoms with van der Waals surface area (Å²) in [5.74, 6) is 0.723. The van der Waals surface area contributed by atoms with Gasteiger partial charge in [0.2, 0.25) is 5.95 Å². The van der Waals surface area contributed by atoms with Crippen LogP contribution in [-0.4, -0.2) is 41.3 Å². The van der Waals surface area contributed by atoms with E-state index < -0.39 is 0 Å². The fourth-order valence-electron chi connectivity index (χ4n) is 2.73. The molecule has 5 nitrogen and oxygen atoms in total.